The van der Waals surface area contributed by atoms with Crippen LogP contribution in [0.4, 0.5) is 0 Å². The molecule has 6 heterocycles. The predicted molar refractivity (Wildman–Crippen MR) is 161 cm³/mol. The van der Waals surface area contributed by atoms with Crippen LogP contribution in [0.5, 0.6) is 0 Å². The van der Waals surface area contributed by atoms with Crippen LogP contribution in [0.15, 0.2) is 73.4 Å². The van der Waals surface area contributed by atoms with E-state index in [2.05, 4.69) is 52.1 Å². The Bertz CT molecular complexity index is 1880. The van der Waals surface area contributed by atoms with Crippen LogP contribution in [-0.4, -0.2) is 76.5 Å². The van der Waals surface area contributed by atoms with Crippen LogP contribution in [0.25, 0.3) is 50.5 Å². The first-order valence-corrected chi connectivity index (χ1v) is 14.3. The SMILES string of the molecule is CCn1cnc(-c2ccc3c(-c4cnc5cc(-c6ccc(CN7CCOC(CO)C7)cc6)c(C)nn45)ccnc3n2)c1. The lowest BCUT2D eigenvalue weighted by Gasteiger charge is -2.32. The number of aliphatic hydroxyl groups is 1. The van der Waals surface area contributed by atoms with E-state index in [1.54, 1.807) is 6.20 Å². The molecule has 42 heavy (non-hydrogen) atoms. The molecule has 1 aliphatic heterocycles. The lowest BCUT2D eigenvalue weighted by molar-refractivity contribution is -0.0551. The van der Waals surface area contributed by atoms with Gasteiger partial charge in [0.2, 0.25) is 0 Å². The van der Waals surface area contributed by atoms with E-state index in [9.17, 15) is 5.11 Å². The van der Waals surface area contributed by atoms with Gasteiger partial charge in [-0.15, -0.1) is 0 Å². The molecule has 1 unspecified atom stereocenters. The molecule has 6 aromatic rings. The Labute approximate surface area is 243 Å². The van der Waals surface area contributed by atoms with Crippen LogP contribution in [-0.2, 0) is 17.8 Å². The first-order chi connectivity index (χ1) is 20.6. The minimum atomic E-state index is -0.104. The molecule has 1 aromatic carbocycles. The van der Waals surface area contributed by atoms with Gasteiger partial charge in [0.1, 0.15) is 5.69 Å². The minimum absolute atomic E-state index is 0.0565. The average Bonchev–Trinajstić information content (AvgIpc) is 3.68. The van der Waals surface area contributed by atoms with Crippen LogP contribution in [0.2, 0.25) is 0 Å². The fraction of sp³-hybridized carbons (Fsp3) is 0.281. The highest BCUT2D eigenvalue weighted by molar-refractivity contribution is 5.93. The van der Waals surface area contributed by atoms with Gasteiger partial charge in [-0.3, -0.25) is 4.90 Å². The molecule has 1 fully saturated rings. The third kappa shape index (κ3) is 4.94. The number of aryl methyl sites for hydroxylation is 2. The van der Waals surface area contributed by atoms with Crippen LogP contribution in [0.3, 0.4) is 0 Å². The van der Waals surface area contributed by atoms with Crippen molar-refractivity contribution in [3.8, 4) is 33.8 Å². The number of rotatable bonds is 7. The molecule has 0 spiro atoms. The summed E-state index contributed by atoms with van der Waals surface area (Å²) in [6, 6.07) is 16.7. The van der Waals surface area contributed by atoms with Gasteiger partial charge in [-0.05, 0) is 49.2 Å². The molecule has 10 nitrogen and oxygen atoms in total. The normalized spacial score (nSPS) is 16.0. The number of aliphatic hydroxyl groups excluding tert-OH is 1. The Morgan fingerprint density at radius 1 is 1.00 bits per heavy atom. The fourth-order valence-electron chi connectivity index (χ4n) is 5.62. The first-order valence-electron chi connectivity index (χ1n) is 14.3. The highest BCUT2D eigenvalue weighted by Gasteiger charge is 2.20. The number of benzene rings is 1. The van der Waals surface area contributed by atoms with E-state index >= 15 is 0 Å². The molecular weight excluding hydrogens is 528 g/mol. The van der Waals surface area contributed by atoms with Crippen molar-refractivity contribution in [1.82, 2.24) is 39.0 Å². The van der Waals surface area contributed by atoms with Gasteiger partial charge >= 0.3 is 0 Å². The van der Waals surface area contributed by atoms with Crippen molar-refractivity contribution in [3.63, 3.8) is 0 Å². The highest BCUT2D eigenvalue weighted by Crippen LogP contribution is 2.31. The topological polar surface area (TPSA) is 106 Å². The zero-order valence-corrected chi connectivity index (χ0v) is 23.7. The summed E-state index contributed by atoms with van der Waals surface area (Å²) in [7, 11) is 0. The lowest BCUT2D eigenvalue weighted by Crippen LogP contribution is -2.43. The summed E-state index contributed by atoms with van der Waals surface area (Å²) < 4.78 is 9.51. The summed E-state index contributed by atoms with van der Waals surface area (Å²) in [6.45, 7) is 8.13. The third-order valence-electron chi connectivity index (χ3n) is 7.92. The predicted octanol–water partition coefficient (Wildman–Crippen LogP) is 4.39. The van der Waals surface area contributed by atoms with E-state index < -0.39 is 0 Å². The van der Waals surface area contributed by atoms with Crippen LogP contribution in [0, 0.1) is 6.92 Å². The summed E-state index contributed by atoms with van der Waals surface area (Å²) in [6.07, 6.45) is 7.36. The molecule has 1 aliphatic rings. The fourth-order valence-corrected chi connectivity index (χ4v) is 5.62. The molecule has 0 aliphatic carbocycles. The maximum Gasteiger partial charge on any atom is 0.160 e. The van der Waals surface area contributed by atoms with Crippen molar-refractivity contribution in [2.45, 2.75) is 33.0 Å². The van der Waals surface area contributed by atoms with Gasteiger partial charge in [-0.2, -0.15) is 5.10 Å². The smallest absolute Gasteiger partial charge is 0.160 e. The second-order valence-electron chi connectivity index (χ2n) is 10.7. The van der Waals surface area contributed by atoms with E-state index in [4.69, 9.17) is 19.8 Å². The zero-order valence-electron chi connectivity index (χ0n) is 23.7. The summed E-state index contributed by atoms with van der Waals surface area (Å²) in [5, 5.41) is 15.3. The Morgan fingerprint density at radius 3 is 2.69 bits per heavy atom. The number of hydrogen-bond donors (Lipinski definition) is 1. The maximum atomic E-state index is 9.44. The van der Waals surface area contributed by atoms with Gasteiger partial charge in [-0.25, -0.2) is 24.5 Å². The van der Waals surface area contributed by atoms with Crippen molar-refractivity contribution in [2.75, 3.05) is 26.3 Å². The quantitative estimate of drug-likeness (QED) is 0.306. The monoisotopic (exact) mass is 560 g/mol. The average molecular weight is 561 g/mol. The van der Waals surface area contributed by atoms with E-state index in [0.717, 1.165) is 76.7 Å². The second kappa shape index (κ2) is 11.1. The second-order valence-corrected chi connectivity index (χ2v) is 10.7. The molecule has 212 valence electrons. The number of ether oxygens (including phenoxy) is 1. The maximum absolute atomic E-state index is 9.44. The van der Waals surface area contributed by atoms with Crippen molar-refractivity contribution < 1.29 is 9.84 Å². The highest BCUT2D eigenvalue weighted by atomic mass is 16.5. The molecule has 10 heteroatoms. The lowest BCUT2D eigenvalue weighted by atomic mass is 10.0. The number of fused-ring (bicyclic) bond motifs is 2. The van der Waals surface area contributed by atoms with Gasteiger partial charge < -0.3 is 14.4 Å². The van der Waals surface area contributed by atoms with E-state index in [1.165, 1.54) is 5.56 Å². The summed E-state index contributed by atoms with van der Waals surface area (Å²) in [5.41, 5.74) is 9.21. The van der Waals surface area contributed by atoms with Crippen molar-refractivity contribution in [3.05, 3.63) is 84.7 Å². The van der Waals surface area contributed by atoms with Gasteiger partial charge in [0.25, 0.3) is 0 Å². The molecule has 0 amide bonds. The van der Waals surface area contributed by atoms with Gasteiger partial charge in [0.05, 0.1) is 48.9 Å². The van der Waals surface area contributed by atoms with Gasteiger partial charge in [0.15, 0.2) is 11.3 Å². The molecule has 0 saturated carbocycles. The van der Waals surface area contributed by atoms with E-state index in [1.807, 2.05) is 52.9 Å². The Hall–Kier alpha value is -4.51. The molecule has 5 aromatic heterocycles. The Kier molecular flexibility index (Phi) is 6.94. The number of pyridine rings is 2. The van der Waals surface area contributed by atoms with Crippen molar-refractivity contribution >= 4 is 16.7 Å². The molecule has 0 radical (unpaired) electrons. The summed E-state index contributed by atoms with van der Waals surface area (Å²) >= 11 is 0. The van der Waals surface area contributed by atoms with Gasteiger partial charge in [-0.1, -0.05) is 24.3 Å². The largest absolute Gasteiger partial charge is 0.394 e. The van der Waals surface area contributed by atoms with Crippen molar-refractivity contribution in [2.24, 2.45) is 0 Å². The summed E-state index contributed by atoms with van der Waals surface area (Å²) in [5.74, 6) is 0. The number of morpholine rings is 1. The number of imidazole rings is 2. The summed E-state index contributed by atoms with van der Waals surface area (Å²) in [4.78, 5) is 20.9. The Balaban J connectivity index is 1.17. The number of nitrogens with zero attached hydrogens (tertiary/aromatic N) is 8. The Morgan fingerprint density at radius 2 is 1.88 bits per heavy atom. The molecule has 0 bridgehead atoms. The number of aromatic nitrogens is 7. The van der Waals surface area contributed by atoms with Crippen molar-refractivity contribution in [1.29, 1.82) is 0 Å². The van der Waals surface area contributed by atoms with Crippen LogP contribution in [0.1, 0.15) is 18.2 Å². The molecule has 7 rings (SSSR count). The van der Waals surface area contributed by atoms with E-state index in [-0.39, 0.29) is 12.7 Å². The third-order valence-corrected chi connectivity index (χ3v) is 7.92. The minimum Gasteiger partial charge on any atom is -0.394 e. The number of hydrogen-bond acceptors (Lipinski definition) is 8. The standard InChI is InChI=1S/C32H32N8O2/c1-3-38-18-29(35-20-38)28-9-8-26-25(10-11-33-32(26)36-28)30-15-34-31-14-27(21(2)37-40(30)31)23-6-4-22(5-7-23)16-39-12-13-42-24(17-39)19-41/h4-11,14-15,18,20,24,41H,3,12-13,16-17,19H2,1-2H3. The molecular formula is C32H32N8O2. The molecule has 1 atom stereocenters. The first kappa shape index (κ1) is 26.4. The van der Waals surface area contributed by atoms with Crippen LogP contribution < -0.4 is 0 Å². The molecule has 1 saturated heterocycles. The molecule has 1 N–H and O–H groups in total. The van der Waals surface area contributed by atoms with Gasteiger partial charge in [0, 0.05) is 55.1 Å². The van der Waals surface area contributed by atoms with E-state index in [0.29, 0.717) is 12.3 Å². The zero-order chi connectivity index (χ0) is 28.6. The van der Waals surface area contributed by atoms with Crippen LogP contribution >= 0.6 is 0 Å².